The molecule has 2 aromatic heterocycles. The molecule has 0 aliphatic rings. The second-order valence-corrected chi connectivity index (χ2v) is 4.76. The van der Waals surface area contributed by atoms with Gasteiger partial charge in [-0.25, -0.2) is 0 Å². The molecular weight excluding hydrogens is 248 g/mol. The van der Waals surface area contributed by atoms with Gasteiger partial charge >= 0.3 is 0 Å². The third-order valence-corrected chi connectivity index (χ3v) is 3.11. The Morgan fingerprint density at radius 3 is 2.30 bits per heavy atom. The highest BCUT2D eigenvalue weighted by atomic mass is 15.3. The van der Waals surface area contributed by atoms with Crippen molar-refractivity contribution < 1.29 is 0 Å². The minimum absolute atomic E-state index is 0.926. The van der Waals surface area contributed by atoms with Gasteiger partial charge in [0.05, 0.1) is 11.9 Å². The molecule has 4 heteroatoms. The molecule has 20 heavy (non-hydrogen) atoms. The van der Waals surface area contributed by atoms with Crippen LogP contribution in [-0.2, 0) is 13.5 Å². The lowest BCUT2D eigenvalue weighted by Crippen LogP contribution is -1.91. The summed E-state index contributed by atoms with van der Waals surface area (Å²) >= 11 is 0. The molecule has 2 heterocycles. The van der Waals surface area contributed by atoms with Crippen molar-refractivity contribution in [3.8, 4) is 0 Å². The molecule has 3 rings (SSSR count). The molecule has 1 N–H and O–H groups in total. The third kappa shape index (κ3) is 3.03. The van der Waals surface area contributed by atoms with Crippen LogP contribution in [0.2, 0.25) is 0 Å². The van der Waals surface area contributed by atoms with Gasteiger partial charge in [-0.15, -0.1) is 0 Å². The van der Waals surface area contributed by atoms with Crippen LogP contribution in [0.15, 0.2) is 61.2 Å². The SMILES string of the molecule is Cn1cc(Nc2ccc(Cc3ccncc3)cc2)cn1. The van der Waals surface area contributed by atoms with E-state index in [1.807, 2.05) is 44.0 Å². The quantitative estimate of drug-likeness (QED) is 0.787. The number of hydrogen-bond donors (Lipinski definition) is 1. The second-order valence-electron chi connectivity index (χ2n) is 4.76. The molecule has 0 saturated heterocycles. The number of nitrogens with zero attached hydrogens (tertiary/aromatic N) is 3. The number of anilines is 2. The van der Waals surface area contributed by atoms with Crippen LogP contribution in [0.3, 0.4) is 0 Å². The average Bonchev–Trinajstić information content (AvgIpc) is 2.88. The van der Waals surface area contributed by atoms with Crippen LogP contribution in [0.25, 0.3) is 0 Å². The molecule has 0 unspecified atom stereocenters. The fourth-order valence-corrected chi connectivity index (χ4v) is 2.09. The number of nitrogens with one attached hydrogen (secondary N) is 1. The maximum atomic E-state index is 4.13. The summed E-state index contributed by atoms with van der Waals surface area (Å²) in [5, 5.41) is 7.46. The van der Waals surface area contributed by atoms with Crippen LogP contribution in [0.4, 0.5) is 11.4 Å². The molecule has 0 bridgehead atoms. The predicted molar refractivity (Wildman–Crippen MR) is 80.0 cm³/mol. The Bertz CT molecular complexity index is 671. The van der Waals surface area contributed by atoms with Crippen molar-refractivity contribution in [1.29, 1.82) is 0 Å². The van der Waals surface area contributed by atoms with E-state index in [9.17, 15) is 0 Å². The molecule has 3 aromatic rings. The van der Waals surface area contributed by atoms with Gasteiger partial charge in [-0.2, -0.15) is 5.10 Å². The molecule has 100 valence electrons. The lowest BCUT2D eigenvalue weighted by molar-refractivity contribution is 0.768. The molecule has 0 fully saturated rings. The number of hydrogen-bond acceptors (Lipinski definition) is 3. The molecule has 0 aliphatic carbocycles. The molecule has 0 amide bonds. The maximum absolute atomic E-state index is 4.13. The van der Waals surface area contributed by atoms with Crippen molar-refractivity contribution in [2.24, 2.45) is 7.05 Å². The van der Waals surface area contributed by atoms with E-state index in [0.29, 0.717) is 0 Å². The molecule has 0 spiro atoms. The zero-order chi connectivity index (χ0) is 13.8. The fraction of sp³-hybridized carbons (Fsp3) is 0.125. The highest BCUT2D eigenvalue weighted by molar-refractivity contribution is 5.58. The zero-order valence-corrected chi connectivity index (χ0v) is 11.3. The summed E-state index contributed by atoms with van der Waals surface area (Å²) in [7, 11) is 1.91. The molecule has 0 saturated carbocycles. The van der Waals surface area contributed by atoms with Gasteiger partial charge in [-0.1, -0.05) is 12.1 Å². The van der Waals surface area contributed by atoms with Crippen molar-refractivity contribution in [3.63, 3.8) is 0 Å². The van der Waals surface area contributed by atoms with Crippen molar-refractivity contribution >= 4 is 11.4 Å². The summed E-state index contributed by atoms with van der Waals surface area (Å²) in [6.45, 7) is 0. The van der Waals surface area contributed by atoms with Crippen molar-refractivity contribution in [3.05, 3.63) is 72.3 Å². The van der Waals surface area contributed by atoms with Gasteiger partial charge in [0.25, 0.3) is 0 Å². The number of rotatable bonds is 4. The van der Waals surface area contributed by atoms with Crippen LogP contribution in [0.5, 0.6) is 0 Å². The van der Waals surface area contributed by atoms with Gasteiger partial charge < -0.3 is 5.32 Å². The number of benzene rings is 1. The Hall–Kier alpha value is -2.62. The minimum atomic E-state index is 0.926. The van der Waals surface area contributed by atoms with Gasteiger partial charge in [0.15, 0.2) is 0 Å². The van der Waals surface area contributed by atoms with E-state index in [1.165, 1.54) is 11.1 Å². The first-order chi connectivity index (χ1) is 9.79. The minimum Gasteiger partial charge on any atom is -0.353 e. The first kappa shape index (κ1) is 12.4. The number of pyridine rings is 1. The standard InChI is InChI=1S/C16H16N4/c1-20-12-16(11-18-20)19-15-4-2-13(3-5-15)10-14-6-8-17-9-7-14/h2-9,11-12,19H,10H2,1H3. The lowest BCUT2D eigenvalue weighted by Gasteiger charge is -2.05. The molecule has 4 nitrogen and oxygen atoms in total. The Morgan fingerprint density at radius 2 is 1.65 bits per heavy atom. The van der Waals surface area contributed by atoms with E-state index < -0.39 is 0 Å². The predicted octanol–water partition coefficient (Wildman–Crippen LogP) is 3.15. The van der Waals surface area contributed by atoms with E-state index in [-0.39, 0.29) is 0 Å². The molecule has 1 aromatic carbocycles. The Morgan fingerprint density at radius 1 is 0.950 bits per heavy atom. The highest BCUT2D eigenvalue weighted by Gasteiger charge is 1.99. The molecular formula is C16H16N4. The van der Waals surface area contributed by atoms with Crippen LogP contribution in [-0.4, -0.2) is 14.8 Å². The van der Waals surface area contributed by atoms with Crippen molar-refractivity contribution in [2.45, 2.75) is 6.42 Å². The van der Waals surface area contributed by atoms with Gasteiger partial charge in [-0.05, 0) is 41.8 Å². The van der Waals surface area contributed by atoms with E-state index in [1.54, 1.807) is 4.68 Å². The molecule has 0 atom stereocenters. The van der Waals surface area contributed by atoms with E-state index >= 15 is 0 Å². The summed E-state index contributed by atoms with van der Waals surface area (Å²) < 4.78 is 1.78. The summed E-state index contributed by atoms with van der Waals surface area (Å²) in [6.07, 6.45) is 8.34. The Balaban J connectivity index is 1.68. The first-order valence-corrected chi connectivity index (χ1v) is 6.53. The lowest BCUT2D eigenvalue weighted by atomic mass is 10.1. The van der Waals surface area contributed by atoms with Crippen molar-refractivity contribution in [1.82, 2.24) is 14.8 Å². The van der Waals surface area contributed by atoms with E-state index in [4.69, 9.17) is 0 Å². The summed E-state index contributed by atoms with van der Waals surface area (Å²) in [5.74, 6) is 0. The summed E-state index contributed by atoms with van der Waals surface area (Å²) in [6, 6.07) is 12.5. The normalized spacial score (nSPS) is 10.4. The number of aryl methyl sites for hydroxylation is 1. The van der Waals surface area contributed by atoms with Crippen LogP contribution < -0.4 is 5.32 Å². The van der Waals surface area contributed by atoms with Gasteiger partial charge in [-0.3, -0.25) is 9.67 Å². The molecule has 0 aliphatic heterocycles. The maximum Gasteiger partial charge on any atom is 0.0770 e. The Kier molecular flexibility index (Phi) is 3.46. The fourth-order valence-electron chi connectivity index (χ4n) is 2.09. The van der Waals surface area contributed by atoms with Gasteiger partial charge in [0.2, 0.25) is 0 Å². The van der Waals surface area contributed by atoms with E-state index in [0.717, 1.165) is 17.8 Å². The second kappa shape index (κ2) is 5.57. The Labute approximate surface area is 118 Å². The van der Waals surface area contributed by atoms with Crippen LogP contribution >= 0.6 is 0 Å². The van der Waals surface area contributed by atoms with Crippen LogP contribution in [0, 0.1) is 0 Å². The first-order valence-electron chi connectivity index (χ1n) is 6.53. The van der Waals surface area contributed by atoms with E-state index in [2.05, 4.69) is 39.7 Å². The summed E-state index contributed by atoms with van der Waals surface area (Å²) in [5.41, 5.74) is 4.62. The number of aromatic nitrogens is 3. The van der Waals surface area contributed by atoms with Crippen LogP contribution in [0.1, 0.15) is 11.1 Å². The third-order valence-electron chi connectivity index (χ3n) is 3.11. The largest absolute Gasteiger partial charge is 0.353 e. The van der Waals surface area contributed by atoms with Gasteiger partial charge in [0.1, 0.15) is 0 Å². The monoisotopic (exact) mass is 264 g/mol. The van der Waals surface area contributed by atoms with Gasteiger partial charge in [0, 0.05) is 31.3 Å². The topological polar surface area (TPSA) is 42.7 Å². The molecule has 0 radical (unpaired) electrons. The smallest absolute Gasteiger partial charge is 0.0770 e. The average molecular weight is 264 g/mol. The zero-order valence-electron chi connectivity index (χ0n) is 11.3. The highest BCUT2D eigenvalue weighted by Crippen LogP contribution is 2.17. The summed E-state index contributed by atoms with van der Waals surface area (Å²) in [4.78, 5) is 4.03. The van der Waals surface area contributed by atoms with Crippen molar-refractivity contribution in [2.75, 3.05) is 5.32 Å².